The van der Waals surface area contributed by atoms with Crippen LogP contribution in [0.5, 0.6) is 0 Å². The molecule has 2 aliphatic rings. The van der Waals surface area contributed by atoms with Crippen molar-refractivity contribution in [1.82, 2.24) is 9.88 Å². The summed E-state index contributed by atoms with van der Waals surface area (Å²) < 4.78 is 5.19. The number of nitrogens with zero attached hydrogens (tertiary/aromatic N) is 2. The molecule has 9 heteroatoms. The molecule has 0 radical (unpaired) electrons. The standard InChI is InChI=1S/C25H33N3O5S/c1-5-10-28(4)20(31)12-15-21-17(34-23(26-21)27-22(32)16-7-6-11-33-16)13-18-24(15,2)9-8-19(30)25(18,3)14-29/h5-7,11,15,18-19,29-30H,1,8-10,12-14H2,2-4H3,(H,26,27,32). The first-order valence-electron chi connectivity index (χ1n) is 11.6. The van der Waals surface area contributed by atoms with Crippen LogP contribution < -0.4 is 5.32 Å². The number of fused-ring (bicyclic) bond motifs is 2. The van der Waals surface area contributed by atoms with Crippen LogP contribution in [0.2, 0.25) is 0 Å². The first kappa shape index (κ1) is 24.6. The first-order chi connectivity index (χ1) is 16.1. The van der Waals surface area contributed by atoms with E-state index in [1.165, 1.54) is 17.6 Å². The van der Waals surface area contributed by atoms with Gasteiger partial charge in [0.05, 0.1) is 24.7 Å². The monoisotopic (exact) mass is 487 g/mol. The average molecular weight is 488 g/mol. The topological polar surface area (TPSA) is 116 Å². The summed E-state index contributed by atoms with van der Waals surface area (Å²) in [6.07, 6.45) is 4.68. The Morgan fingerprint density at radius 1 is 1.44 bits per heavy atom. The van der Waals surface area contributed by atoms with Crippen LogP contribution in [-0.4, -0.2) is 58.2 Å². The number of carbonyl (C=O) groups excluding carboxylic acids is 2. The maximum absolute atomic E-state index is 13.1. The molecular weight excluding hydrogens is 454 g/mol. The highest BCUT2D eigenvalue weighted by atomic mass is 32.1. The van der Waals surface area contributed by atoms with E-state index in [2.05, 4.69) is 18.8 Å². The molecule has 34 heavy (non-hydrogen) atoms. The molecule has 0 spiro atoms. The predicted octanol–water partition coefficient (Wildman–Crippen LogP) is 3.44. The minimum atomic E-state index is -0.694. The maximum atomic E-state index is 13.1. The van der Waals surface area contributed by atoms with Gasteiger partial charge in [0.1, 0.15) is 0 Å². The third-order valence-corrected chi connectivity index (χ3v) is 9.08. The van der Waals surface area contributed by atoms with Crippen LogP contribution in [0.25, 0.3) is 0 Å². The molecule has 184 valence electrons. The van der Waals surface area contributed by atoms with Gasteiger partial charge in [-0.3, -0.25) is 14.9 Å². The predicted molar refractivity (Wildman–Crippen MR) is 130 cm³/mol. The van der Waals surface area contributed by atoms with E-state index in [0.29, 0.717) is 24.5 Å². The Hall–Kier alpha value is -2.49. The Kier molecular flexibility index (Phi) is 6.72. The Morgan fingerprint density at radius 3 is 2.85 bits per heavy atom. The van der Waals surface area contributed by atoms with E-state index < -0.39 is 11.5 Å². The SMILES string of the molecule is C=CCN(C)C(=O)CC1c2nc(NC(=O)c3ccco3)sc2CC2C(C)(CO)C(O)CCC12C. The van der Waals surface area contributed by atoms with Gasteiger partial charge < -0.3 is 19.5 Å². The Morgan fingerprint density at radius 2 is 2.21 bits per heavy atom. The van der Waals surface area contributed by atoms with E-state index in [1.54, 1.807) is 30.2 Å². The van der Waals surface area contributed by atoms with Gasteiger partial charge in [-0.1, -0.05) is 19.9 Å². The third kappa shape index (κ3) is 4.10. The Labute approximate surface area is 203 Å². The Balaban J connectivity index is 1.73. The van der Waals surface area contributed by atoms with Gasteiger partial charge in [-0.25, -0.2) is 4.98 Å². The van der Waals surface area contributed by atoms with Crippen molar-refractivity contribution in [2.75, 3.05) is 25.5 Å². The van der Waals surface area contributed by atoms with Crippen molar-refractivity contribution in [3.05, 3.63) is 47.4 Å². The van der Waals surface area contributed by atoms with Crippen molar-refractivity contribution in [3.8, 4) is 0 Å². The van der Waals surface area contributed by atoms with Gasteiger partial charge in [0.15, 0.2) is 10.9 Å². The number of hydrogen-bond acceptors (Lipinski definition) is 7. The van der Waals surface area contributed by atoms with Crippen LogP contribution in [0.1, 0.15) is 60.2 Å². The number of aliphatic hydroxyl groups excluding tert-OH is 2. The average Bonchev–Trinajstić information content (AvgIpc) is 3.48. The molecule has 2 amide bonds. The molecule has 3 N–H and O–H groups in total. The Bertz CT molecular complexity index is 1070. The highest BCUT2D eigenvalue weighted by molar-refractivity contribution is 7.15. The lowest BCUT2D eigenvalue weighted by Gasteiger charge is -2.58. The number of thiazole rings is 1. The quantitative estimate of drug-likeness (QED) is 0.515. The van der Waals surface area contributed by atoms with Gasteiger partial charge in [-0.2, -0.15) is 0 Å². The fraction of sp³-hybridized carbons (Fsp3) is 0.560. The van der Waals surface area contributed by atoms with Gasteiger partial charge in [0, 0.05) is 36.2 Å². The number of aliphatic hydroxyl groups is 2. The number of nitrogens with one attached hydrogen (secondary N) is 1. The van der Waals surface area contributed by atoms with Crippen LogP contribution in [0.15, 0.2) is 35.5 Å². The lowest BCUT2D eigenvalue weighted by Crippen LogP contribution is -2.57. The van der Waals surface area contributed by atoms with Gasteiger partial charge in [0.25, 0.3) is 5.91 Å². The summed E-state index contributed by atoms with van der Waals surface area (Å²) in [6.45, 7) is 8.14. The van der Waals surface area contributed by atoms with E-state index >= 15 is 0 Å². The molecular formula is C25H33N3O5S. The molecule has 4 rings (SSSR count). The van der Waals surface area contributed by atoms with Crippen molar-refractivity contribution in [1.29, 1.82) is 0 Å². The van der Waals surface area contributed by atoms with E-state index in [9.17, 15) is 19.8 Å². The molecule has 0 aromatic carbocycles. The van der Waals surface area contributed by atoms with Gasteiger partial charge >= 0.3 is 0 Å². The number of aromatic nitrogens is 1. The van der Waals surface area contributed by atoms with E-state index in [4.69, 9.17) is 9.40 Å². The lowest BCUT2D eigenvalue weighted by molar-refractivity contribution is -0.146. The van der Waals surface area contributed by atoms with Crippen LogP contribution in [0.4, 0.5) is 5.13 Å². The molecule has 2 heterocycles. The summed E-state index contributed by atoms with van der Waals surface area (Å²) in [6, 6.07) is 3.24. The molecule has 1 saturated carbocycles. The number of amides is 2. The minimum absolute atomic E-state index is 0.0104. The summed E-state index contributed by atoms with van der Waals surface area (Å²) in [5.41, 5.74) is -0.207. The highest BCUT2D eigenvalue weighted by Crippen LogP contribution is 2.62. The number of anilines is 1. The van der Waals surface area contributed by atoms with E-state index in [-0.39, 0.29) is 47.9 Å². The maximum Gasteiger partial charge on any atom is 0.293 e. The molecule has 2 aromatic rings. The fourth-order valence-electron chi connectivity index (χ4n) is 5.89. The van der Waals surface area contributed by atoms with Crippen LogP contribution >= 0.6 is 11.3 Å². The van der Waals surface area contributed by atoms with E-state index in [0.717, 1.165) is 17.0 Å². The molecule has 2 aliphatic carbocycles. The van der Waals surface area contributed by atoms with Gasteiger partial charge in [0.2, 0.25) is 5.91 Å². The first-order valence-corrected chi connectivity index (χ1v) is 12.4. The second-order valence-corrected chi connectivity index (χ2v) is 11.1. The van der Waals surface area contributed by atoms with Crippen molar-refractivity contribution in [3.63, 3.8) is 0 Å². The van der Waals surface area contributed by atoms with Gasteiger partial charge in [-0.05, 0) is 42.7 Å². The fourth-order valence-corrected chi connectivity index (χ4v) is 6.96. The second kappa shape index (κ2) is 9.28. The van der Waals surface area contributed by atoms with Crippen molar-refractivity contribution >= 4 is 28.3 Å². The number of rotatable bonds is 7. The molecule has 5 unspecified atom stereocenters. The zero-order chi connectivity index (χ0) is 24.7. The smallest absolute Gasteiger partial charge is 0.293 e. The summed E-state index contributed by atoms with van der Waals surface area (Å²) >= 11 is 1.39. The van der Waals surface area contributed by atoms with Crippen LogP contribution in [0, 0.1) is 16.7 Å². The van der Waals surface area contributed by atoms with E-state index in [1.807, 2.05) is 6.92 Å². The molecule has 0 bridgehead atoms. The zero-order valence-electron chi connectivity index (χ0n) is 19.9. The van der Waals surface area contributed by atoms with Crippen molar-refractivity contribution in [2.24, 2.45) is 16.7 Å². The number of carbonyl (C=O) groups is 2. The van der Waals surface area contributed by atoms with Crippen molar-refractivity contribution in [2.45, 2.75) is 51.6 Å². The summed E-state index contributed by atoms with van der Waals surface area (Å²) in [5.74, 6) is -0.442. The number of hydrogen-bond donors (Lipinski definition) is 3. The molecule has 0 saturated heterocycles. The normalized spacial score (nSPS) is 30.2. The largest absolute Gasteiger partial charge is 0.459 e. The zero-order valence-corrected chi connectivity index (χ0v) is 20.7. The second-order valence-electron chi connectivity index (χ2n) is 10.1. The van der Waals surface area contributed by atoms with Crippen molar-refractivity contribution < 1.29 is 24.2 Å². The molecule has 8 nitrogen and oxygen atoms in total. The molecule has 5 atom stereocenters. The molecule has 2 aromatic heterocycles. The van der Waals surface area contributed by atoms with Gasteiger partial charge in [-0.15, -0.1) is 17.9 Å². The highest BCUT2D eigenvalue weighted by Gasteiger charge is 2.59. The minimum Gasteiger partial charge on any atom is -0.459 e. The third-order valence-electron chi connectivity index (χ3n) is 8.07. The molecule has 0 aliphatic heterocycles. The summed E-state index contributed by atoms with van der Waals surface area (Å²) in [7, 11) is 1.76. The van der Waals surface area contributed by atoms with Crippen LogP contribution in [0.3, 0.4) is 0 Å². The summed E-state index contributed by atoms with van der Waals surface area (Å²) in [5, 5.41) is 24.5. The summed E-state index contributed by atoms with van der Waals surface area (Å²) in [4.78, 5) is 33.1. The number of furan rings is 1. The number of likely N-dealkylation sites (N-methyl/N-ethyl adjacent to an activating group) is 1. The van der Waals surface area contributed by atoms with Crippen LogP contribution in [-0.2, 0) is 11.2 Å². The lowest BCUT2D eigenvalue weighted by atomic mass is 9.47. The molecule has 1 fully saturated rings.